The average molecular weight is 178 g/mol. The van der Waals surface area contributed by atoms with Crippen molar-refractivity contribution in [2.75, 3.05) is 0 Å². The molecule has 0 amide bonds. The summed E-state index contributed by atoms with van der Waals surface area (Å²) in [6, 6.07) is 0. The van der Waals surface area contributed by atoms with Crippen molar-refractivity contribution >= 4 is 6.29 Å². The normalized spacial score (nSPS) is 16.5. The first-order chi connectivity index (χ1) is 6.22. The van der Waals surface area contributed by atoms with Crippen LogP contribution >= 0.6 is 0 Å². The monoisotopic (exact) mass is 178 g/mol. The van der Waals surface area contributed by atoms with Crippen molar-refractivity contribution in [3.63, 3.8) is 0 Å². The smallest absolute Gasteiger partial charge is 0.185 e. The third-order valence-electron chi connectivity index (χ3n) is 2.42. The highest BCUT2D eigenvalue weighted by Crippen LogP contribution is 2.41. The maximum atomic E-state index is 10.5. The van der Waals surface area contributed by atoms with Crippen LogP contribution in [-0.4, -0.2) is 16.3 Å². The molecule has 0 atom stereocenters. The van der Waals surface area contributed by atoms with E-state index < -0.39 is 0 Å². The number of imidazole rings is 1. The largest absolute Gasteiger partial charge is 0.339 e. The first-order valence-electron chi connectivity index (χ1n) is 4.77. The lowest BCUT2D eigenvalue weighted by molar-refractivity contribution is 0.111. The van der Waals surface area contributed by atoms with E-state index >= 15 is 0 Å². The molecule has 1 saturated carbocycles. The number of aromatic amines is 1. The molecule has 3 heteroatoms. The topological polar surface area (TPSA) is 45.8 Å². The first kappa shape index (κ1) is 8.48. The van der Waals surface area contributed by atoms with Gasteiger partial charge in [0.1, 0.15) is 0 Å². The molecule has 0 bridgehead atoms. The molecule has 0 aliphatic heterocycles. The predicted molar refractivity (Wildman–Crippen MR) is 50.0 cm³/mol. The van der Waals surface area contributed by atoms with E-state index in [0.29, 0.717) is 17.7 Å². The van der Waals surface area contributed by atoms with Crippen LogP contribution in [0.3, 0.4) is 0 Å². The minimum absolute atomic E-state index is 0.403. The van der Waals surface area contributed by atoms with Gasteiger partial charge in [0.15, 0.2) is 12.1 Å². The molecular formula is C10H14N2O. The first-order valence-corrected chi connectivity index (χ1v) is 4.77. The molecule has 70 valence electrons. The van der Waals surface area contributed by atoms with Crippen LogP contribution in [0.2, 0.25) is 0 Å². The summed E-state index contributed by atoms with van der Waals surface area (Å²) in [6.45, 7) is 4.22. The van der Waals surface area contributed by atoms with Crippen LogP contribution in [0.5, 0.6) is 0 Å². The molecular weight excluding hydrogens is 164 g/mol. The molecule has 1 heterocycles. The van der Waals surface area contributed by atoms with Crippen LogP contribution < -0.4 is 0 Å². The second-order valence-electron chi connectivity index (χ2n) is 3.97. The van der Waals surface area contributed by atoms with Gasteiger partial charge < -0.3 is 4.98 Å². The molecule has 3 nitrogen and oxygen atoms in total. The maximum absolute atomic E-state index is 10.5. The minimum atomic E-state index is 0.403. The number of aromatic nitrogens is 2. The Bertz CT molecular complexity index is 304. The Kier molecular flexibility index (Phi) is 1.94. The fourth-order valence-corrected chi connectivity index (χ4v) is 1.60. The SMILES string of the molecule is CC(C)c1nc(C=O)[nH]c1C1CC1. The lowest BCUT2D eigenvalue weighted by Gasteiger charge is -2.02. The van der Waals surface area contributed by atoms with E-state index in [0.717, 1.165) is 12.0 Å². The van der Waals surface area contributed by atoms with Crippen LogP contribution in [0.4, 0.5) is 0 Å². The number of H-pyrrole nitrogens is 1. The summed E-state index contributed by atoms with van der Waals surface area (Å²) in [5.41, 5.74) is 2.27. The van der Waals surface area contributed by atoms with Crippen molar-refractivity contribution in [2.45, 2.75) is 38.5 Å². The van der Waals surface area contributed by atoms with Gasteiger partial charge in [0.25, 0.3) is 0 Å². The highest BCUT2D eigenvalue weighted by atomic mass is 16.1. The fraction of sp³-hybridized carbons (Fsp3) is 0.600. The van der Waals surface area contributed by atoms with E-state index in [9.17, 15) is 4.79 Å². The van der Waals surface area contributed by atoms with Gasteiger partial charge in [-0.3, -0.25) is 4.79 Å². The zero-order valence-electron chi connectivity index (χ0n) is 8.00. The van der Waals surface area contributed by atoms with Crippen molar-refractivity contribution in [2.24, 2.45) is 0 Å². The van der Waals surface area contributed by atoms with Gasteiger partial charge in [0.2, 0.25) is 0 Å². The molecule has 1 fully saturated rings. The predicted octanol–water partition coefficient (Wildman–Crippen LogP) is 2.22. The summed E-state index contributed by atoms with van der Waals surface area (Å²) >= 11 is 0. The lowest BCUT2D eigenvalue weighted by atomic mass is 10.1. The molecule has 13 heavy (non-hydrogen) atoms. The quantitative estimate of drug-likeness (QED) is 0.721. The number of aldehydes is 1. The third kappa shape index (κ3) is 1.50. The lowest BCUT2D eigenvalue weighted by Crippen LogP contribution is -1.93. The zero-order chi connectivity index (χ0) is 9.42. The second-order valence-corrected chi connectivity index (χ2v) is 3.97. The third-order valence-corrected chi connectivity index (χ3v) is 2.42. The summed E-state index contributed by atoms with van der Waals surface area (Å²) in [5, 5.41) is 0. The Balaban J connectivity index is 2.38. The Labute approximate surface area is 77.6 Å². The van der Waals surface area contributed by atoms with Crippen molar-refractivity contribution in [3.8, 4) is 0 Å². The summed E-state index contributed by atoms with van der Waals surface area (Å²) in [7, 11) is 0. The van der Waals surface area contributed by atoms with Gasteiger partial charge in [-0.1, -0.05) is 13.8 Å². The molecule has 0 radical (unpaired) electrons. The molecule has 1 aliphatic carbocycles. The molecule has 0 aromatic carbocycles. The molecule has 1 aliphatic rings. The Hall–Kier alpha value is -1.12. The highest BCUT2D eigenvalue weighted by Gasteiger charge is 2.29. The Morgan fingerprint density at radius 2 is 2.23 bits per heavy atom. The minimum Gasteiger partial charge on any atom is -0.339 e. The van der Waals surface area contributed by atoms with E-state index in [2.05, 4.69) is 23.8 Å². The maximum Gasteiger partial charge on any atom is 0.185 e. The highest BCUT2D eigenvalue weighted by molar-refractivity contribution is 5.69. The summed E-state index contributed by atoms with van der Waals surface area (Å²) < 4.78 is 0. The second kappa shape index (κ2) is 2.98. The number of hydrogen-bond acceptors (Lipinski definition) is 2. The summed E-state index contributed by atoms with van der Waals surface area (Å²) in [5.74, 6) is 1.52. The van der Waals surface area contributed by atoms with Crippen molar-refractivity contribution in [1.82, 2.24) is 9.97 Å². The van der Waals surface area contributed by atoms with E-state index in [1.165, 1.54) is 18.5 Å². The molecule has 0 unspecified atom stereocenters. The molecule has 1 N–H and O–H groups in total. The number of nitrogens with zero attached hydrogens (tertiary/aromatic N) is 1. The number of rotatable bonds is 3. The van der Waals surface area contributed by atoms with E-state index in [-0.39, 0.29) is 0 Å². The van der Waals surface area contributed by atoms with Gasteiger partial charge in [0.05, 0.1) is 5.69 Å². The Morgan fingerprint density at radius 1 is 1.54 bits per heavy atom. The molecule has 0 saturated heterocycles. The number of nitrogens with one attached hydrogen (secondary N) is 1. The van der Waals surface area contributed by atoms with Crippen molar-refractivity contribution in [1.29, 1.82) is 0 Å². The zero-order valence-corrected chi connectivity index (χ0v) is 8.00. The standard InChI is InChI=1S/C10H14N2O/c1-6(2)9-10(7-3-4-7)12-8(5-13)11-9/h5-7H,3-4H2,1-2H3,(H,11,12). The molecule has 1 aromatic rings. The van der Waals surface area contributed by atoms with Crippen molar-refractivity contribution < 1.29 is 4.79 Å². The Morgan fingerprint density at radius 3 is 2.69 bits per heavy atom. The van der Waals surface area contributed by atoms with Crippen LogP contribution in [0.25, 0.3) is 0 Å². The van der Waals surface area contributed by atoms with E-state index in [4.69, 9.17) is 0 Å². The van der Waals surface area contributed by atoms with Crippen molar-refractivity contribution in [3.05, 3.63) is 17.2 Å². The van der Waals surface area contributed by atoms with E-state index in [1.807, 2.05) is 0 Å². The summed E-state index contributed by atoms with van der Waals surface area (Å²) in [6.07, 6.45) is 3.26. The van der Waals surface area contributed by atoms with E-state index in [1.54, 1.807) is 0 Å². The van der Waals surface area contributed by atoms with Crippen LogP contribution in [0.1, 0.15) is 60.5 Å². The van der Waals surface area contributed by atoms with Crippen LogP contribution in [0, 0.1) is 0 Å². The van der Waals surface area contributed by atoms with Gasteiger partial charge in [-0.15, -0.1) is 0 Å². The molecule has 1 aromatic heterocycles. The number of carbonyl (C=O) groups is 1. The van der Waals surface area contributed by atoms with Crippen LogP contribution in [0.15, 0.2) is 0 Å². The molecule has 2 rings (SSSR count). The van der Waals surface area contributed by atoms with Crippen LogP contribution in [-0.2, 0) is 0 Å². The van der Waals surface area contributed by atoms with Gasteiger partial charge in [0, 0.05) is 11.6 Å². The molecule has 0 spiro atoms. The van der Waals surface area contributed by atoms with Gasteiger partial charge in [-0.05, 0) is 18.8 Å². The van der Waals surface area contributed by atoms with Gasteiger partial charge in [-0.2, -0.15) is 0 Å². The number of carbonyl (C=O) groups excluding carboxylic acids is 1. The van der Waals surface area contributed by atoms with Gasteiger partial charge >= 0.3 is 0 Å². The fourth-order valence-electron chi connectivity index (χ4n) is 1.60. The number of hydrogen-bond donors (Lipinski definition) is 1. The average Bonchev–Trinajstić information content (AvgIpc) is 2.84. The summed E-state index contributed by atoms with van der Waals surface area (Å²) in [4.78, 5) is 17.9. The van der Waals surface area contributed by atoms with Gasteiger partial charge in [-0.25, -0.2) is 4.98 Å².